The van der Waals surface area contributed by atoms with Crippen molar-refractivity contribution in [3.05, 3.63) is 42.5 Å². The van der Waals surface area contributed by atoms with Gasteiger partial charge in [-0.2, -0.15) is 0 Å². The molecule has 6 nitrogen and oxygen atoms in total. The molecule has 7 heteroatoms. The molecule has 116 valence electrons. The zero-order valence-electron chi connectivity index (χ0n) is 12.2. The lowest BCUT2D eigenvalue weighted by molar-refractivity contribution is 0.460. The SMILES string of the molecule is CS(=O)(=O)c1ccc2[nH]c(O)c(-c3nc4ccccc4[nH]3)c2c1. The number of sulfone groups is 1. The Labute approximate surface area is 131 Å². The lowest BCUT2D eigenvalue weighted by atomic mass is 10.1. The number of rotatable bonds is 2. The number of hydrogen-bond acceptors (Lipinski definition) is 4. The Hall–Kier alpha value is -2.80. The van der Waals surface area contributed by atoms with E-state index in [9.17, 15) is 13.5 Å². The summed E-state index contributed by atoms with van der Waals surface area (Å²) in [5.74, 6) is 0.435. The first-order valence-electron chi connectivity index (χ1n) is 6.93. The minimum absolute atomic E-state index is 0.0512. The molecule has 4 aromatic rings. The van der Waals surface area contributed by atoms with E-state index in [0.717, 1.165) is 17.3 Å². The van der Waals surface area contributed by atoms with E-state index in [4.69, 9.17) is 0 Å². The minimum atomic E-state index is -3.33. The summed E-state index contributed by atoms with van der Waals surface area (Å²) in [7, 11) is -3.33. The van der Waals surface area contributed by atoms with E-state index in [1.807, 2.05) is 24.3 Å². The van der Waals surface area contributed by atoms with E-state index in [-0.39, 0.29) is 10.8 Å². The average Bonchev–Trinajstić information content (AvgIpc) is 3.04. The van der Waals surface area contributed by atoms with E-state index < -0.39 is 9.84 Å². The topological polar surface area (TPSA) is 98.8 Å². The van der Waals surface area contributed by atoms with Gasteiger partial charge in [-0.25, -0.2) is 13.4 Å². The molecule has 0 bridgehead atoms. The van der Waals surface area contributed by atoms with Crippen molar-refractivity contribution in [2.24, 2.45) is 0 Å². The van der Waals surface area contributed by atoms with Crippen LogP contribution in [0.5, 0.6) is 5.88 Å². The molecule has 2 heterocycles. The molecular formula is C16H13N3O3S. The van der Waals surface area contributed by atoms with E-state index in [1.165, 1.54) is 6.07 Å². The lowest BCUT2D eigenvalue weighted by Gasteiger charge is -2.00. The standard InChI is InChI=1S/C16H13N3O3S/c1-23(21,22)9-6-7-11-10(8-9)14(16(20)19-11)15-17-12-4-2-3-5-13(12)18-15/h2-8,19-20H,1H3,(H,17,18). The number of fused-ring (bicyclic) bond motifs is 2. The minimum Gasteiger partial charge on any atom is -0.494 e. The fraction of sp³-hybridized carbons (Fsp3) is 0.0625. The van der Waals surface area contributed by atoms with Crippen molar-refractivity contribution in [2.75, 3.05) is 6.26 Å². The fourth-order valence-corrected chi connectivity index (χ4v) is 3.35. The van der Waals surface area contributed by atoms with E-state index in [0.29, 0.717) is 22.3 Å². The number of para-hydroxylation sites is 2. The molecule has 3 N–H and O–H groups in total. The smallest absolute Gasteiger partial charge is 0.200 e. The largest absolute Gasteiger partial charge is 0.494 e. The van der Waals surface area contributed by atoms with E-state index >= 15 is 0 Å². The number of aromatic amines is 2. The van der Waals surface area contributed by atoms with Gasteiger partial charge in [-0.1, -0.05) is 12.1 Å². The molecule has 0 amide bonds. The third kappa shape index (κ3) is 2.17. The number of hydrogen-bond donors (Lipinski definition) is 3. The van der Waals surface area contributed by atoms with Crippen molar-refractivity contribution in [1.29, 1.82) is 0 Å². The van der Waals surface area contributed by atoms with Gasteiger partial charge in [-0.05, 0) is 30.3 Å². The van der Waals surface area contributed by atoms with Crippen LogP contribution in [0, 0.1) is 0 Å². The summed E-state index contributed by atoms with van der Waals surface area (Å²) in [6.45, 7) is 0. The van der Waals surface area contributed by atoms with Crippen molar-refractivity contribution < 1.29 is 13.5 Å². The lowest BCUT2D eigenvalue weighted by Crippen LogP contribution is -1.96. The maximum Gasteiger partial charge on any atom is 0.200 e. The first kappa shape index (κ1) is 13.8. The van der Waals surface area contributed by atoms with Gasteiger partial charge in [-0.3, -0.25) is 0 Å². The van der Waals surface area contributed by atoms with Gasteiger partial charge >= 0.3 is 0 Å². The highest BCUT2D eigenvalue weighted by Gasteiger charge is 2.18. The van der Waals surface area contributed by atoms with Crippen LogP contribution >= 0.6 is 0 Å². The van der Waals surface area contributed by atoms with Crippen molar-refractivity contribution in [2.45, 2.75) is 4.90 Å². The van der Waals surface area contributed by atoms with Crippen LogP contribution in [0.2, 0.25) is 0 Å². The fourth-order valence-electron chi connectivity index (χ4n) is 2.70. The maximum absolute atomic E-state index is 11.8. The highest BCUT2D eigenvalue weighted by Crippen LogP contribution is 2.36. The molecule has 0 aliphatic rings. The predicted octanol–water partition coefficient (Wildman–Crippen LogP) is 2.82. The molecule has 0 fully saturated rings. The number of aromatic hydroxyl groups is 1. The normalized spacial score (nSPS) is 12.2. The van der Waals surface area contributed by atoms with Crippen molar-refractivity contribution in [1.82, 2.24) is 15.0 Å². The predicted molar refractivity (Wildman–Crippen MR) is 88.2 cm³/mol. The van der Waals surface area contributed by atoms with Crippen LogP contribution in [0.1, 0.15) is 0 Å². The number of benzene rings is 2. The summed E-state index contributed by atoms with van der Waals surface area (Å²) in [6, 6.07) is 12.2. The van der Waals surface area contributed by atoms with E-state index in [2.05, 4.69) is 15.0 Å². The second kappa shape index (κ2) is 4.60. The van der Waals surface area contributed by atoms with Crippen molar-refractivity contribution in [3.63, 3.8) is 0 Å². The summed E-state index contributed by atoms with van der Waals surface area (Å²) in [5, 5.41) is 10.8. The quantitative estimate of drug-likeness (QED) is 0.527. The Kier molecular flexibility index (Phi) is 2.76. The molecule has 23 heavy (non-hydrogen) atoms. The van der Waals surface area contributed by atoms with E-state index in [1.54, 1.807) is 12.1 Å². The Morgan fingerprint density at radius 2 is 1.83 bits per heavy atom. The highest BCUT2D eigenvalue weighted by atomic mass is 32.2. The second-order valence-electron chi connectivity index (χ2n) is 5.43. The summed E-state index contributed by atoms with van der Waals surface area (Å²) < 4.78 is 23.6. The van der Waals surface area contributed by atoms with Crippen molar-refractivity contribution in [3.8, 4) is 17.3 Å². The van der Waals surface area contributed by atoms with Crippen LogP contribution in [0.25, 0.3) is 33.3 Å². The Balaban J connectivity index is 2.03. The first-order chi connectivity index (χ1) is 10.9. The van der Waals surface area contributed by atoms with Crippen molar-refractivity contribution >= 4 is 31.8 Å². The number of aromatic nitrogens is 3. The monoisotopic (exact) mass is 327 g/mol. The third-order valence-electron chi connectivity index (χ3n) is 3.80. The molecular weight excluding hydrogens is 314 g/mol. The Morgan fingerprint density at radius 3 is 2.57 bits per heavy atom. The zero-order chi connectivity index (χ0) is 16.2. The Morgan fingerprint density at radius 1 is 1.04 bits per heavy atom. The van der Waals surface area contributed by atoms with Gasteiger partial charge in [0.15, 0.2) is 9.84 Å². The maximum atomic E-state index is 11.8. The van der Waals surface area contributed by atoms with Gasteiger partial charge in [0, 0.05) is 17.2 Å². The van der Waals surface area contributed by atoms with Gasteiger partial charge in [0.25, 0.3) is 0 Å². The van der Waals surface area contributed by atoms with Crippen LogP contribution < -0.4 is 0 Å². The van der Waals surface area contributed by atoms with Crippen LogP contribution in [-0.2, 0) is 9.84 Å². The first-order valence-corrected chi connectivity index (χ1v) is 8.82. The van der Waals surface area contributed by atoms with Crippen LogP contribution in [0.15, 0.2) is 47.4 Å². The highest BCUT2D eigenvalue weighted by molar-refractivity contribution is 7.90. The number of imidazole rings is 1. The molecule has 0 spiro atoms. The van der Waals surface area contributed by atoms with Crippen LogP contribution in [-0.4, -0.2) is 34.7 Å². The molecule has 4 rings (SSSR count). The summed E-state index contributed by atoms with van der Waals surface area (Å²) in [6.07, 6.45) is 1.15. The molecule has 2 aromatic carbocycles. The van der Waals surface area contributed by atoms with Gasteiger partial charge < -0.3 is 15.1 Å². The number of H-pyrrole nitrogens is 2. The van der Waals surface area contributed by atoms with Gasteiger partial charge in [0.1, 0.15) is 5.82 Å². The molecule has 0 aliphatic heterocycles. The summed E-state index contributed by atoms with van der Waals surface area (Å²) in [5.41, 5.74) is 2.72. The van der Waals surface area contributed by atoms with Crippen LogP contribution in [0.3, 0.4) is 0 Å². The molecule has 0 saturated carbocycles. The molecule has 2 aromatic heterocycles. The summed E-state index contributed by atoms with van der Waals surface area (Å²) in [4.78, 5) is 10.7. The number of nitrogens with zero attached hydrogens (tertiary/aromatic N) is 1. The Bertz CT molecular complexity index is 1120. The molecule has 0 aliphatic carbocycles. The molecule has 0 saturated heterocycles. The number of nitrogens with one attached hydrogen (secondary N) is 2. The van der Waals surface area contributed by atoms with Gasteiger partial charge in [-0.15, -0.1) is 0 Å². The second-order valence-corrected chi connectivity index (χ2v) is 7.45. The average molecular weight is 327 g/mol. The molecule has 0 radical (unpaired) electrons. The third-order valence-corrected chi connectivity index (χ3v) is 4.91. The molecule has 0 unspecified atom stereocenters. The molecule has 0 atom stereocenters. The van der Waals surface area contributed by atoms with Crippen LogP contribution in [0.4, 0.5) is 0 Å². The van der Waals surface area contributed by atoms with Gasteiger partial charge in [0.05, 0.1) is 21.5 Å². The summed E-state index contributed by atoms with van der Waals surface area (Å²) >= 11 is 0. The van der Waals surface area contributed by atoms with Gasteiger partial charge in [0.2, 0.25) is 5.88 Å². The zero-order valence-corrected chi connectivity index (χ0v) is 13.0.